The maximum absolute atomic E-state index is 13.4. The van der Waals surface area contributed by atoms with Crippen LogP contribution in [0.15, 0.2) is 66.7 Å². The van der Waals surface area contributed by atoms with Crippen LogP contribution in [0.2, 0.25) is 0 Å². The summed E-state index contributed by atoms with van der Waals surface area (Å²) in [6.45, 7) is 5.05. The minimum absolute atomic E-state index is 0.0422. The van der Waals surface area contributed by atoms with Crippen LogP contribution in [-0.2, 0) is 0 Å². The first-order valence-corrected chi connectivity index (χ1v) is 11.0. The molecule has 1 unspecified atom stereocenters. The van der Waals surface area contributed by atoms with E-state index in [0.29, 0.717) is 29.5 Å². The summed E-state index contributed by atoms with van der Waals surface area (Å²) in [5.74, 6) is 1.55. The lowest BCUT2D eigenvalue weighted by Crippen LogP contribution is -2.38. The second-order valence-electron chi connectivity index (χ2n) is 8.31. The molecule has 0 aliphatic carbocycles. The highest BCUT2D eigenvalue weighted by molar-refractivity contribution is 6.07. The van der Waals surface area contributed by atoms with Gasteiger partial charge in [-0.1, -0.05) is 50.2 Å². The molecule has 32 heavy (non-hydrogen) atoms. The molecule has 0 fully saturated rings. The number of anilines is 2. The predicted molar refractivity (Wildman–Crippen MR) is 129 cm³/mol. The monoisotopic (exact) mass is 430 g/mol. The number of fused-ring (bicyclic) bond motifs is 1. The first-order chi connectivity index (χ1) is 15.5. The van der Waals surface area contributed by atoms with Crippen LogP contribution in [0.4, 0.5) is 11.4 Å². The van der Waals surface area contributed by atoms with Crippen molar-refractivity contribution in [3.8, 4) is 11.5 Å². The largest absolute Gasteiger partial charge is 0.493 e. The zero-order valence-electron chi connectivity index (χ0n) is 19.1. The highest BCUT2D eigenvalue weighted by Gasteiger charge is 2.30. The van der Waals surface area contributed by atoms with Gasteiger partial charge in [0.1, 0.15) is 0 Å². The summed E-state index contributed by atoms with van der Waals surface area (Å²) in [4.78, 5) is 15.3. The fourth-order valence-corrected chi connectivity index (χ4v) is 4.37. The lowest BCUT2D eigenvalue weighted by Gasteiger charge is -2.35. The second kappa shape index (κ2) is 9.35. The Bertz CT molecular complexity index is 1110. The zero-order valence-corrected chi connectivity index (χ0v) is 19.1. The third-order valence-electron chi connectivity index (χ3n) is 6.03. The van der Waals surface area contributed by atoms with Crippen molar-refractivity contribution in [3.63, 3.8) is 0 Å². The van der Waals surface area contributed by atoms with Crippen LogP contribution in [0, 0.1) is 0 Å². The Hall–Kier alpha value is -3.47. The van der Waals surface area contributed by atoms with Gasteiger partial charge < -0.3 is 19.7 Å². The molecule has 1 N–H and O–H groups in total. The number of benzene rings is 3. The fourth-order valence-electron chi connectivity index (χ4n) is 4.37. The van der Waals surface area contributed by atoms with Crippen molar-refractivity contribution in [2.45, 2.75) is 32.2 Å². The lowest BCUT2D eigenvalue weighted by molar-refractivity contribution is 0.0984. The summed E-state index contributed by atoms with van der Waals surface area (Å²) in [5.41, 5.74) is 5.11. The molecule has 3 aromatic rings. The third kappa shape index (κ3) is 4.15. The van der Waals surface area contributed by atoms with Crippen LogP contribution >= 0.6 is 0 Å². The number of ether oxygens (including phenoxy) is 2. The van der Waals surface area contributed by atoms with Gasteiger partial charge in [-0.05, 0) is 53.8 Å². The van der Waals surface area contributed by atoms with Crippen molar-refractivity contribution in [3.05, 3.63) is 83.4 Å². The SMILES string of the molecule is COc1ccc(C(=O)N2CCC(Nc3ccccc3C(C)C)c3ccccc32)cc1OC. The standard InChI is InChI=1S/C27H30N2O3/c1-18(2)20-9-5-7-11-22(20)28-23-15-16-29(24-12-8-6-10-21(23)24)27(30)19-13-14-25(31-3)26(17-19)32-4/h5-14,17-18,23,28H,15-16H2,1-4H3. The molecular formula is C27H30N2O3. The molecule has 1 aliphatic heterocycles. The Balaban J connectivity index is 1.64. The molecule has 4 rings (SSSR count). The number of para-hydroxylation sites is 2. The van der Waals surface area contributed by atoms with E-state index in [9.17, 15) is 4.79 Å². The number of rotatable bonds is 6. The molecule has 1 atom stereocenters. The number of nitrogens with one attached hydrogen (secondary N) is 1. The van der Waals surface area contributed by atoms with Crippen LogP contribution < -0.4 is 19.7 Å². The number of hydrogen-bond donors (Lipinski definition) is 1. The van der Waals surface area contributed by atoms with Crippen LogP contribution in [0.3, 0.4) is 0 Å². The number of carbonyl (C=O) groups is 1. The van der Waals surface area contributed by atoms with E-state index in [1.807, 2.05) is 23.1 Å². The molecule has 0 spiro atoms. The molecule has 1 heterocycles. The average Bonchev–Trinajstić information content (AvgIpc) is 2.83. The molecule has 166 valence electrons. The van der Waals surface area contributed by atoms with Gasteiger partial charge in [0.15, 0.2) is 11.5 Å². The van der Waals surface area contributed by atoms with E-state index in [2.05, 4.69) is 49.5 Å². The molecule has 0 bridgehead atoms. The van der Waals surface area contributed by atoms with Gasteiger partial charge in [-0.25, -0.2) is 0 Å². The minimum atomic E-state index is -0.0422. The Morgan fingerprint density at radius 3 is 2.44 bits per heavy atom. The summed E-state index contributed by atoms with van der Waals surface area (Å²) in [6.07, 6.45) is 0.822. The van der Waals surface area contributed by atoms with Crippen molar-refractivity contribution in [2.75, 3.05) is 31.0 Å². The number of carbonyl (C=O) groups excluding carboxylic acids is 1. The van der Waals surface area contributed by atoms with Gasteiger partial charge in [0.25, 0.3) is 5.91 Å². The Morgan fingerprint density at radius 2 is 1.69 bits per heavy atom. The highest BCUT2D eigenvalue weighted by Crippen LogP contribution is 2.38. The highest BCUT2D eigenvalue weighted by atomic mass is 16.5. The van der Waals surface area contributed by atoms with Crippen molar-refractivity contribution < 1.29 is 14.3 Å². The van der Waals surface area contributed by atoms with E-state index in [0.717, 1.165) is 23.4 Å². The molecule has 1 amide bonds. The summed E-state index contributed by atoms with van der Waals surface area (Å²) >= 11 is 0. The topological polar surface area (TPSA) is 50.8 Å². The Labute approximate surface area is 190 Å². The van der Waals surface area contributed by atoms with Crippen LogP contribution in [-0.4, -0.2) is 26.7 Å². The molecule has 0 aromatic heterocycles. The third-order valence-corrected chi connectivity index (χ3v) is 6.03. The maximum Gasteiger partial charge on any atom is 0.258 e. The van der Waals surface area contributed by atoms with Gasteiger partial charge in [0, 0.05) is 23.5 Å². The first-order valence-electron chi connectivity index (χ1n) is 11.0. The van der Waals surface area contributed by atoms with Crippen molar-refractivity contribution in [1.29, 1.82) is 0 Å². The zero-order chi connectivity index (χ0) is 22.7. The first kappa shape index (κ1) is 21.8. The molecule has 5 heteroatoms. The summed E-state index contributed by atoms with van der Waals surface area (Å²) in [5, 5.41) is 3.75. The van der Waals surface area contributed by atoms with Crippen molar-refractivity contribution >= 4 is 17.3 Å². The van der Waals surface area contributed by atoms with Crippen molar-refractivity contribution in [2.24, 2.45) is 0 Å². The predicted octanol–water partition coefficient (Wildman–Crippen LogP) is 6.03. The fraction of sp³-hybridized carbons (Fsp3) is 0.296. The smallest absolute Gasteiger partial charge is 0.258 e. The minimum Gasteiger partial charge on any atom is -0.493 e. The summed E-state index contributed by atoms with van der Waals surface area (Å²) in [7, 11) is 3.17. The van der Waals surface area contributed by atoms with E-state index in [4.69, 9.17) is 9.47 Å². The number of hydrogen-bond acceptors (Lipinski definition) is 4. The Kier molecular flexibility index (Phi) is 6.35. The molecular weight excluding hydrogens is 400 g/mol. The second-order valence-corrected chi connectivity index (χ2v) is 8.31. The molecule has 0 radical (unpaired) electrons. The summed E-state index contributed by atoms with van der Waals surface area (Å²) in [6, 6.07) is 22.1. The molecule has 1 aliphatic rings. The van der Waals surface area contributed by atoms with E-state index in [1.54, 1.807) is 32.4 Å². The Morgan fingerprint density at radius 1 is 0.969 bits per heavy atom. The quantitative estimate of drug-likeness (QED) is 0.519. The van der Waals surface area contributed by atoms with Crippen LogP contribution in [0.5, 0.6) is 11.5 Å². The van der Waals surface area contributed by atoms with Gasteiger partial charge in [0.2, 0.25) is 0 Å². The van der Waals surface area contributed by atoms with E-state index in [1.165, 1.54) is 5.56 Å². The summed E-state index contributed by atoms with van der Waals surface area (Å²) < 4.78 is 10.7. The average molecular weight is 431 g/mol. The molecule has 3 aromatic carbocycles. The van der Waals surface area contributed by atoms with Crippen molar-refractivity contribution in [1.82, 2.24) is 0 Å². The maximum atomic E-state index is 13.4. The van der Waals surface area contributed by atoms with E-state index >= 15 is 0 Å². The van der Waals surface area contributed by atoms with Gasteiger partial charge in [-0.2, -0.15) is 0 Å². The van der Waals surface area contributed by atoms with Crippen LogP contribution in [0.25, 0.3) is 0 Å². The normalized spacial score (nSPS) is 15.3. The number of nitrogens with zero attached hydrogens (tertiary/aromatic N) is 1. The van der Waals surface area contributed by atoms with E-state index < -0.39 is 0 Å². The van der Waals surface area contributed by atoms with Gasteiger partial charge >= 0.3 is 0 Å². The molecule has 5 nitrogen and oxygen atoms in total. The van der Waals surface area contributed by atoms with Gasteiger partial charge in [0.05, 0.1) is 20.3 Å². The van der Waals surface area contributed by atoms with E-state index in [-0.39, 0.29) is 11.9 Å². The van der Waals surface area contributed by atoms with Gasteiger partial charge in [-0.3, -0.25) is 4.79 Å². The lowest BCUT2D eigenvalue weighted by atomic mass is 9.94. The number of methoxy groups -OCH3 is 2. The van der Waals surface area contributed by atoms with Gasteiger partial charge in [-0.15, -0.1) is 0 Å². The molecule has 0 saturated heterocycles. The number of amides is 1. The van der Waals surface area contributed by atoms with Crippen LogP contribution in [0.1, 0.15) is 53.7 Å². The molecule has 0 saturated carbocycles.